The highest BCUT2D eigenvalue weighted by molar-refractivity contribution is 6.28. The number of nitrogens with one attached hydrogen (secondary N) is 1. The van der Waals surface area contributed by atoms with Crippen LogP contribution in [-0.2, 0) is 30.5 Å². The Hall–Kier alpha value is -2.79. The van der Waals surface area contributed by atoms with Gasteiger partial charge >= 0.3 is 12.2 Å². The summed E-state index contributed by atoms with van der Waals surface area (Å²) in [5, 5.41) is 3.01. The van der Waals surface area contributed by atoms with E-state index >= 15 is 0 Å². The Morgan fingerprint density at radius 1 is 1.16 bits per heavy atom. The third-order valence-electron chi connectivity index (χ3n) is 5.11. The second kappa shape index (κ2) is 8.39. The van der Waals surface area contributed by atoms with E-state index in [9.17, 15) is 18.0 Å². The van der Waals surface area contributed by atoms with Crippen molar-refractivity contribution in [2.75, 3.05) is 37.4 Å². The zero-order valence-electron chi connectivity index (χ0n) is 16.4. The topological polar surface area (TPSA) is 96.6 Å². The van der Waals surface area contributed by atoms with Crippen LogP contribution >= 0.6 is 11.6 Å². The minimum absolute atomic E-state index is 0.00882. The lowest BCUT2D eigenvalue weighted by Gasteiger charge is -2.30. The van der Waals surface area contributed by atoms with Crippen molar-refractivity contribution in [1.29, 1.82) is 0 Å². The number of benzene rings is 1. The number of amides is 2. The maximum absolute atomic E-state index is 13.1. The van der Waals surface area contributed by atoms with Gasteiger partial charge in [-0.2, -0.15) is 13.2 Å². The van der Waals surface area contributed by atoms with Crippen molar-refractivity contribution in [3.8, 4) is 0 Å². The van der Waals surface area contributed by atoms with E-state index in [1.807, 2.05) is 0 Å². The number of rotatable bonds is 3. The lowest BCUT2D eigenvalue weighted by Crippen LogP contribution is -2.46. The molecule has 2 aliphatic heterocycles. The molecule has 0 saturated carbocycles. The van der Waals surface area contributed by atoms with Crippen molar-refractivity contribution in [3.63, 3.8) is 0 Å². The molecule has 0 radical (unpaired) electrons. The fourth-order valence-electron chi connectivity index (χ4n) is 3.63. The summed E-state index contributed by atoms with van der Waals surface area (Å²) in [6, 6.07) is 3.24. The van der Waals surface area contributed by atoms with Crippen molar-refractivity contribution in [1.82, 2.24) is 19.8 Å². The fraction of sp³-hybridized carbons (Fsp3) is 0.421. The quantitative estimate of drug-likeness (QED) is 0.544. The van der Waals surface area contributed by atoms with E-state index in [-0.39, 0.29) is 36.6 Å². The maximum atomic E-state index is 13.1. The van der Waals surface area contributed by atoms with E-state index in [1.54, 1.807) is 9.80 Å². The number of nitrogens with zero attached hydrogens (tertiary/aromatic N) is 4. The minimum Gasteiger partial charge on any atom is -0.399 e. The SMILES string of the molecule is Nc1cc(CNc2nc(Cl)nc3c2CN(C(=O)N2CCOCC2)C3)cc(C(F)(F)F)c1. The second-order valence-electron chi connectivity index (χ2n) is 7.32. The average molecular weight is 457 g/mol. The molecular formula is C19H20ClF3N6O2. The highest BCUT2D eigenvalue weighted by atomic mass is 35.5. The lowest BCUT2D eigenvalue weighted by molar-refractivity contribution is -0.137. The number of hydrogen-bond acceptors (Lipinski definition) is 6. The summed E-state index contributed by atoms with van der Waals surface area (Å²) in [4.78, 5) is 24.5. The molecule has 0 bridgehead atoms. The number of morpholine rings is 1. The Bertz CT molecular complexity index is 997. The first-order valence-corrected chi connectivity index (χ1v) is 9.96. The Labute approximate surface area is 181 Å². The lowest BCUT2D eigenvalue weighted by atomic mass is 10.1. The van der Waals surface area contributed by atoms with E-state index in [0.29, 0.717) is 48.9 Å². The van der Waals surface area contributed by atoms with Gasteiger partial charge in [-0.05, 0) is 35.4 Å². The van der Waals surface area contributed by atoms with E-state index in [4.69, 9.17) is 22.1 Å². The number of hydrogen-bond donors (Lipinski definition) is 2. The Morgan fingerprint density at radius 2 is 1.90 bits per heavy atom. The number of carbonyl (C=O) groups is 1. The number of halogens is 4. The summed E-state index contributed by atoms with van der Waals surface area (Å²) < 4.78 is 44.4. The van der Waals surface area contributed by atoms with Crippen LogP contribution in [0.4, 0.5) is 29.5 Å². The molecule has 31 heavy (non-hydrogen) atoms. The van der Waals surface area contributed by atoms with Gasteiger partial charge in [0.05, 0.1) is 37.6 Å². The van der Waals surface area contributed by atoms with Crippen molar-refractivity contribution >= 4 is 29.1 Å². The van der Waals surface area contributed by atoms with E-state index in [0.717, 1.165) is 12.1 Å². The smallest absolute Gasteiger partial charge is 0.399 e. The molecule has 1 fully saturated rings. The molecule has 2 amide bonds. The fourth-order valence-corrected chi connectivity index (χ4v) is 3.82. The van der Waals surface area contributed by atoms with Crippen LogP contribution in [-0.4, -0.2) is 52.1 Å². The normalized spacial score (nSPS) is 16.4. The molecule has 2 aliphatic rings. The molecule has 0 aliphatic carbocycles. The van der Waals surface area contributed by atoms with Crippen molar-refractivity contribution in [2.45, 2.75) is 25.8 Å². The highest BCUT2D eigenvalue weighted by Gasteiger charge is 2.32. The zero-order valence-corrected chi connectivity index (χ0v) is 17.1. The van der Waals surface area contributed by atoms with Crippen LogP contribution in [0.1, 0.15) is 22.4 Å². The molecule has 3 heterocycles. The molecule has 1 aromatic heterocycles. The summed E-state index contributed by atoms with van der Waals surface area (Å²) in [7, 11) is 0. The monoisotopic (exact) mass is 456 g/mol. The zero-order chi connectivity index (χ0) is 22.2. The van der Waals surface area contributed by atoms with Crippen LogP contribution in [0.15, 0.2) is 18.2 Å². The largest absolute Gasteiger partial charge is 0.416 e. The summed E-state index contributed by atoms with van der Waals surface area (Å²) in [6.45, 7) is 2.61. The minimum atomic E-state index is -4.50. The Balaban J connectivity index is 1.51. The van der Waals surface area contributed by atoms with Crippen LogP contribution < -0.4 is 11.1 Å². The molecule has 0 atom stereocenters. The van der Waals surface area contributed by atoms with Gasteiger partial charge in [0.2, 0.25) is 5.28 Å². The molecule has 166 valence electrons. The summed E-state index contributed by atoms with van der Waals surface area (Å²) in [5.74, 6) is 0.378. The predicted molar refractivity (Wildman–Crippen MR) is 107 cm³/mol. The summed E-state index contributed by atoms with van der Waals surface area (Å²) >= 11 is 6.04. The number of aromatic nitrogens is 2. The maximum Gasteiger partial charge on any atom is 0.416 e. The molecule has 2 aromatic rings. The number of fused-ring (bicyclic) bond motifs is 1. The third-order valence-corrected chi connectivity index (χ3v) is 5.28. The van der Waals surface area contributed by atoms with Crippen LogP contribution in [0.3, 0.4) is 0 Å². The number of ether oxygens (including phenoxy) is 1. The van der Waals surface area contributed by atoms with Gasteiger partial charge in [0, 0.05) is 30.9 Å². The number of urea groups is 1. The second-order valence-corrected chi connectivity index (χ2v) is 7.66. The molecular weight excluding hydrogens is 437 g/mol. The number of nitrogen functional groups attached to an aromatic ring is 1. The van der Waals surface area contributed by atoms with Gasteiger partial charge in [0.25, 0.3) is 0 Å². The van der Waals surface area contributed by atoms with Crippen LogP contribution in [0.2, 0.25) is 5.28 Å². The number of alkyl halides is 3. The van der Waals surface area contributed by atoms with Gasteiger partial charge in [-0.25, -0.2) is 14.8 Å². The Morgan fingerprint density at radius 3 is 2.61 bits per heavy atom. The summed E-state index contributed by atoms with van der Waals surface area (Å²) in [6.07, 6.45) is -4.50. The first-order chi connectivity index (χ1) is 14.7. The van der Waals surface area contributed by atoms with Gasteiger partial charge in [0.15, 0.2) is 0 Å². The third kappa shape index (κ3) is 4.77. The van der Waals surface area contributed by atoms with E-state index < -0.39 is 11.7 Å². The molecule has 8 nitrogen and oxygen atoms in total. The molecule has 0 unspecified atom stereocenters. The molecule has 3 N–H and O–H groups in total. The highest BCUT2D eigenvalue weighted by Crippen LogP contribution is 2.32. The standard InChI is InChI=1S/C19H20ClF3N6O2/c20-17-26-15-10-29(18(30)28-1-3-31-4-2-28)9-14(15)16(27-17)25-8-11-5-12(19(21,22)23)7-13(24)6-11/h5-7H,1-4,8-10,24H2,(H,25,26,27). The Kier molecular flexibility index (Phi) is 5.80. The van der Waals surface area contributed by atoms with Crippen molar-refractivity contribution < 1.29 is 22.7 Å². The number of nitrogens with two attached hydrogens (primary N) is 1. The van der Waals surface area contributed by atoms with Crippen molar-refractivity contribution in [2.24, 2.45) is 0 Å². The van der Waals surface area contributed by atoms with Gasteiger partial charge < -0.3 is 25.6 Å². The first kappa shape index (κ1) is 21.4. The number of anilines is 2. The molecule has 4 rings (SSSR count). The molecule has 1 aromatic carbocycles. The van der Waals surface area contributed by atoms with Crippen LogP contribution in [0, 0.1) is 0 Å². The van der Waals surface area contributed by atoms with Gasteiger partial charge in [-0.15, -0.1) is 0 Å². The van der Waals surface area contributed by atoms with Crippen molar-refractivity contribution in [3.05, 3.63) is 45.9 Å². The first-order valence-electron chi connectivity index (χ1n) is 9.58. The molecule has 12 heteroatoms. The molecule has 1 saturated heterocycles. The van der Waals surface area contributed by atoms with Gasteiger partial charge in [0.1, 0.15) is 5.82 Å². The van der Waals surface area contributed by atoms with E-state index in [2.05, 4.69) is 15.3 Å². The summed E-state index contributed by atoms with van der Waals surface area (Å²) in [5.41, 5.74) is 6.45. The van der Waals surface area contributed by atoms with Gasteiger partial charge in [-0.1, -0.05) is 0 Å². The molecule has 0 spiro atoms. The van der Waals surface area contributed by atoms with Gasteiger partial charge in [-0.3, -0.25) is 0 Å². The van der Waals surface area contributed by atoms with E-state index in [1.165, 1.54) is 6.07 Å². The number of carbonyl (C=O) groups excluding carboxylic acids is 1. The van der Waals surface area contributed by atoms with Crippen LogP contribution in [0.25, 0.3) is 0 Å². The average Bonchev–Trinajstić information content (AvgIpc) is 3.15. The van der Waals surface area contributed by atoms with Crippen LogP contribution in [0.5, 0.6) is 0 Å². The predicted octanol–water partition coefficient (Wildman–Crippen LogP) is 3.11.